The number of carbonyl (C=O) groups excluding carboxylic acids is 1. The van der Waals surface area contributed by atoms with Crippen molar-refractivity contribution in [3.63, 3.8) is 0 Å². The van der Waals surface area contributed by atoms with E-state index in [2.05, 4.69) is 31.3 Å². The van der Waals surface area contributed by atoms with Gasteiger partial charge in [-0.1, -0.05) is 45.7 Å². The molecule has 4 aromatic rings. The lowest BCUT2D eigenvalue weighted by Crippen LogP contribution is -2.16. The lowest BCUT2D eigenvalue weighted by atomic mass is 10.1. The summed E-state index contributed by atoms with van der Waals surface area (Å²) in [4.78, 5) is 16.9. The number of fused-ring (bicyclic) bond motifs is 1. The van der Waals surface area contributed by atoms with Gasteiger partial charge in [0.25, 0.3) is 5.91 Å². The smallest absolute Gasteiger partial charge is 0.320 e. The number of halogens is 5. The highest BCUT2D eigenvalue weighted by molar-refractivity contribution is 9.10. The standard InChI is InChI=1S/C21H13BrClF3N4O/c1-11-14(23)3-2-4-15(11)28-20(31)17-10-19-27-16(12-5-7-13(22)8-6-12)9-18(21(24,25)26)30(19)29-17/h2-10H,1H3,(H,28,31). The van der Waals surface area contributed by atoms with E-state index in [0.717, 1.165) is 10.5 Å². The van der Waals surface area contributed by atoms with Gasteiger partial charge in [0, 0.05) is 26.8 Å². The quantitative estimate of drug-likeness (QED) is 0.348. The van der Waals surface area contributed by atoms with Crippen LogP contribution in [0.5, 0.6) is 0 Å². The van der Waals surface area contributed by atoms with Crippen LogP contribution < -0.4 is 5.32 Å². The molecule has 0 atom stereocenters. The Morgan fingerprint density at radius 3 is 2.52 bits per heavy atom. The summed E-state index contributed by atoms with van der Waals surface area (Å²) >= 11 is 9.35. The van der Waals surface area contributed by atoms with Crippen LogP contribution in [-0.2, 0) is 6.18 Å². The molecule has 2 aromatic heterocycles. The Morgan fingerprint density at radius 1 is 1.13 bits per heavy atom. The first-order valence-electron chi connectivity index (χ1n) is 8.94. The first-order chi connectivity index (χ1) is 14.6. The largest absolute Gasteiger partial charge is 0.433 e. The molecule has 0 aliphatic carbocycles. The van der Waals surface area contributed by atoms with Crippen LogP contribution in [0.25, 0.3) is 16.9 Å². The van der Waals surface area contributed by atoms with E-state index in [4.69, 9.17) is 11.6 Å². The minimum atomic E-state index is -4.70. The SMILES string of the molecule is Cc1c(Cl)cccc1NC(=O)c1cc2nc(-c3ccc(Br)cc3)cc(C(F)(F)F)n2n1. The number of nitrogens with one attached hydrogen (secondary N) is 1. The fourth-order valence-corrected chi connectivity index (χ4v) is 3.42. The average molecular weight is 510 g/mol. The molecule has 2 heterocycles. The fourth-order valence-electron chi connectivity index (χ4n) is 2.99. The molecular formula is C21H13BrClF3N4O. The topological polar surface area (TPSA) is 59.3 Å². The number of rotatable bonds is 3. The van der Waals surface area contributed by atoms with Gasteiger partial charge < -0.3 is 5.32 Å². The highest BCUT2D eigenvalue weighted by Crippen LogP contribution is 2.33. The molecule has 0 aliphatic heterocycles. The minimum Gasteiger partial charge on any atom is -0.320 e. The Kier molecular flexibility index (Phi) is 5.49. The van der Waals surface area contributed by atoms with Crippen molar-refractivity contribution >= 4 is 44.8 Å². The molecule has 31 heavy (non-hydrogen) atoms. The highest BCUT2D eigenvalue weighted by atomic mass is 79.9. The molecule has 0 saturated carbocycles. The molecule has 1 amide bonds. The maximum Gasteiger partial charge on any atom is 0.433 e. The molecule has 0 bridgehead atoms. The Labute approximate surface area is 188 Å². The second-order valence-electron chi connectivity index (χ2n) is 6.70. The van der Waals surface area contributed by atoms with E-state index >= 15 is 0 Å². The molecule has 158 valence electrons. The molecular weight excluding hydrogens is 497 g/mol. The van der Waals surface area contributed by atoms with Crippen molar-refractivity contribution in [1.29, 1.82) is 0 Å². The summed E-state index contributed by atoms with van der Waals surface area (Å²) in [6.45, 7) is 1.72. The summed E-state index contributed by atoms with van der Waals surface area (Å²) < 4.78 is 42.6. The van der Waals surface area contributed by atoms with E-state index < -0.39 is 17.8 Å². The van der Waals surface area contributed by atoms with E-state index in [1.54, 1.807) is 49.4 Å². The third kappa shape index (κ3) is 4.28. The van der Waals surface area contributed by atoms with Crippen molar-refractivity contribution in [2.24, 2.45) is 0 Å². The maximum atomic E-state index is 13.7. The van der Waals surface area contributed by atoms with Crippen LogP contribution in [0.2, 0.25) is 5.02 Å². The van der Waals surface area contributed by atoms with Gasteiger partial charge in [0.15, 0.2) is 17.0 Å². The van der Waals surface area contributed by atoms with Crippen LogP contribution in [0.4, 0.5) is 18.9 Å². The van der Waals surface area contributed by atoms with Gasteiger partial charge in [-0.25, -0.2) is 9.50 Å². The lowest BCUT2D eigenvalue weighted by molar-refractivity contribution is -0.142. The third-order valence-corrected chi connectivity index (χ3v) is 5.54. The zero-order valence-corrected chi connectivity index (χ0v) is 18.2. The Bertz CT molecular complexity index is 1300. The molecule has 0 saturated heterocycles. The van der Waals surface area contributed by atoms with E-state index in [0.29, 0.717) is 26.4 Å². The molecule has 1 N–H and O–H groups in total. The molecule has 10 heteroatoms. The van der Waals surface area contributed by atoms with Gasteiger partial charge in [-0.15, -0.1) is 0 Å². The number of hydrogen-bond acceptors (Lipinski definition) is 3. The Morgan fingerprint density at radius 2 is 1.84 bits per heavy atom. The van der Waals surface area contributed by atoms with Gasteiger partial charge in [0.2, 0.25) is 0 Å². The van der Waals surface area contributed by atoms with Gasteiger partial charge in [0.05, 0.1) is 5.69 Å². The van der Waals surface area contributed by atoms with Crippen molar-refractivity contribution < 1.29 is 18.0 Å². The Hall–Kier alpha value is -2.91. The fraction of sp³-hybridized carbons (Fsp3) is 0.0952. The second-order valence-corrected chi connectivity index (χ2v) is 8.02. The van der Waals surface area contributed by atoms with E-state index in [1.165, 1.54) is 6.07 Å². The van der Waals surface area contributed by atoms with E-state index in [1.807, 2.05) is 0 Å². The summed E-state index contributed by atoms with van der Waals surface area (Å²) in [5.41, 5.74) is 0.351. The van der Waals surface area contributed by atoms with Gasteiger partial charge in [0.1, 0.15) is 0 Å². The number of hydrogen-bond donors (Lipinski definition) is 1. The molecule has 2 aromatic carbocycles. The molecule has 0 radical (unpaired) electrons. The van der Waals surface area contributed by atoms with E-state index in [-0.39, 0.29) is 17.0 Å². The molecule has 0 aliphatic rings. The average Bonchev–Trinajstić information content (AvgIpc) is 3.14. The van der Waals surface area contributed by atoms with Crippen LogP contribution in [0.1, 0.15) is 21.7 Å². The highest BCUT2D eigenvalue weighted by Gasteiger charge is 2.35. The number of carbonyl (C=O) groups is 1. The zero-order chi connectivity index (χ0) is 22.3. The molecule has 5 nitrogen and oxygen atoms in total. The first kappa shape index (κ1) is 21.3. The predicted octanol–water partition coefficient (Wildman–Crippen LogP) is 6.39. The van der Waals surface area contributed by atoms with Gasteiger partial charge in [-0.2, -0.15) is 18.3 Å². The maximum absolute atomic E-state index is 13.7. The first-order valence-corrected chi connectivity index (χ1v) is 10.1. The van der Waals surface area contributed by atoms with Crippen LogP contribution in [0.3, 0.4) is 0 Å². The number of amides is 1. The molecule has 4 rings (SSSR count). The van der Waals surface area contributed by atoms with Crippen molar-refractivity contribution in [2.45, 2.75) is 13.1 Å². The van der Waals surface area contributed by atoms with Crippen LogP contribution >= 0.6 is 27.5 Å². The Balaban J connectivity index is 1.79. The number of anilines is 1. The summed E-state index contributed by atoms with van der Waals surface area (Å²) in [6, 6.07) is 13.8. The van der Waals surface area contributed by atoms with Crippen LogP contribution in [0, 0.1) is 6.92 Å². The van der Waals surface area contributed by atoms with Crippen LogP contribution in [-0.4, -0.2) is 20.5 Å². The summed E-state index contributed by atoms with van der Waals surface area (Å²) in [5.74, 6) is -0.672. The summed E-state index contributed by atoms with van der Waals surface area (Å²) in [5, 5.41) is 6.94. The van der Waals surface area contributed by atoms with Gasteiger partial charge in [-0.05, 0) is 42.8 Å². The normalized spacial score (nSPS) is 11.7. The number of benzene rings is 2. The summed E-state index contributed by atoms with van der Waals surface area (Å²) in [6.07, 6.45) is -4.70. The van der Waals surface area contributed by atoms with Gasteiger partial charge >= 0.3 is 6.18 Å². The van der Waals surface area contributed by atoms with Crippen molar-refractivity contribution in [3.05, 3.63) is 81.0 Å². The minimum absolute atomic E-state index is 0.0966. The number of aromatic nitrogens is 3. The number of alkyl halides is 3. The number of nitrogens with zero attached hydrogens (tertiary/aromatic N) is 3. The van der Waals surface area contributed by atoms with Crippen LogP contribution in [0.15, 0.2) is 59.1 Å². The monoisotopic (exact) mass is 508 g/mol. The van der Waals surface area contributed by atoms with Crippen molar-refractivity contribution in [3.8, 4) is 11.3 Å². The second kappa shape index (κ2) is 7.97. The molecule has 0 unspecified atom stereocenters. The third-order valence-electron chi connectivity index (χ3n) is 4.61. The zero-order valence-electron chi connectivity index (χ0n) is 15.8. The van der Waals surface area contributed by atoms with Crippen molar-refractivity contribution in [2.75, 3.05) is 5.32 Å². The van der Waals surface area contributed by atoms with Crippen molar-refractivity contribution in [1.82, 2.24) is 14.6 Å². The predicted molar refractivity (Wildman–Crippen MR) is 115 cm³/mol. The molecule has 0 fully saturated rings. The van der Waals surface area contributed by atoms with Gasteiger partial charge in [-0.3, -0.25) is 4.79 Å². The van der Waals surface area contributed by atoms with E-state index in [9.17, 15) is 18.0 Å². The molecule has 0 spiro atoms. The lowest BCUT2D eigenvalue weighted by Gasteiger charge is -2.11. The summed E-state index contributed by atoms with van der Waals surface area (Å²) in [7, 11) is 0.